The molecule has 27 nitrogen and oxygen atoms in total. The first-order valence-electron chi connectivity index (χ1n) is 22.6. The zero-order valence-electron chi connectivity index (χ0n) is 38.9. The van der Waals surface area contributed by atoms with Crippen LogP contribution in [0.5, 0.6) is 0 Å². The molecule has 70 heavy (non-hydrogen) atoms. The number of rotatable bonds is 16. The van der Waals surface area contributed by atoms with E-state index in [2.05, 4.69) is 57.0 Å². The number of nitrogens with one attached hydrogen (secondary N) is 5. The Morgan fingerprint density at radius 3 is 1.16 bits per heavy atom. The summed E-state index contributed by atoms with van der Waals surface area (Å²) in [4.78, 5) is 83.4. The van der Waals surface area contributed by atoms with Crippen LogP contribution in [0.15, 0.2) is 0 Å². The SMILES string of the molecule is NCCS(=O)(=O)N1CCNC(=O)C1.[C-]#[N+][C@@H]1CCCN1C(=O)CBr.[C-]#[N+][C@@H]1CCCN1C(=O)CNCCS(=O)(=O)N1CCNC(=O)C1.[C-]#[N+][C@@H]1CCCN1C(=O)CNCCS(=O)(=O)N1CCNC(=O)C1. The number of nitrogens with zero attached hydrogens (tertiary/aromatic N) is 9. The van der Waals surface area contributed by atoms with E-state index < -0.39 is 30.1 Å². The molecule has 0 unspecified atom stereocenters. The number of carbonyl (C=O) groups is 6. The van der Waals surface area contributed by atoms with Gasteiger partial charge in [0, 0.05) is 97.8 Å². The van der Waals surface area contributed by atoms with E-state index in [-0.39, 0.29) is 137 Å². The fourth-order valence-corrected chi connectivity index (χ4v) is 11.9. The highest BCUT2D eigenvalue weighted by Crippen LogP contribution is 2.20. The van der Waals surface area contributed by atoms with Crippen molar-refractivity contribution in [2.45, 2.75) is 57.0 Å². The van der Waals surface area contributed by atoms with Crippen LogP contribution in [0.4, 0.5) is 0 Å². The van der Waals surface area contributed by atoms with Crippen molar-refractivity contribution in [2.75, 3.05) is 134 Å². The standard InChI is InChI=1S/2C13H21N5O4S.C7H9BrN2O.C6H13N3O3S/c2*1-14-11-3-2-6-18(11)13(20)9-15-5-8-23(21,22)17-7-4-16-12(19)10-17;1-9-6-3-2-4-10(6)7(11)5-8;7-1-4-13(11,12)9-3-2-8-6(10)5-9/h2*11,15H,2-10H2,(H,16,19);6H,2-5H2;1-5,7H2,(H,8,10)/t2*11-;6-;/m000./s1. The molecule has 6 heterocycles. The van der Waals surface area contributed by atoms with Crippen molar-refractivity contribution < 1.29 is 54.0 Å². The summed E-state index contributed by atoms with van der Waals surface area (Å²) in [7, 11) is -10.3. The summed E-state index contributed by atoms with van der Waals surface area (Å²) >= 11 is 3.09. The molecular formula is C39H64BrN15O12S3. The van der Waals surface area contributed by atoms with Gasteiger partial charge in [0.05, 0.1) is 55.3 Å². The Morgan fingerprint density at radius 1 is 0.557 bits per heavy atom. The molecule has 6 fully saturated rings. The third kappa shape index (κ3) is 19.2. The minimum absolute atomic E-state index is 0.0159. The maximum atomic E-state index is 12.1. The van der Waals surface area contributed by atoms with Crippen LogP contribution in [0.2, 0.25) is 0 Å². The predicted molar refractivity (Wildman–Crippen MR) is 258 cm³/mol. The Morgan fingerprint density at radius 2 is 0.871 bits per heavy atom. The van der Waals surface area contributed by atoms with Gasteiger partial charge in [-0.3, -0.25) is 58.0 Å². The van der Waals surface area contributed by atoms with Crippen LogP contribution >= 0.6 is 15.9 Å². The Balaban J connectivity index is 0.000000258. The summed E-state index contributed by atoms with van der Waals surface area (Å²) in [5.41, 5.74) is 5.15. The Bertz CT molecular complexity index is 2190. The molecular weight excluding hydrogens is 1050 g/mol. The van der Waals surface area contributed by atoms with Crippen molar-refractivity contribution in [3.8, 4) is 0 Å². The molecule has 7 N–H and O–H groups in total. The average molecular weight is 1110 g/mol. The Labute approximate surface area is 418 Å². The second-order valence-corrected chi connectivity index (χ2v) is 23.1. The minimum Gasteiger partial charge on any atom is -0.354 e. The fraction of sp³-hybridized carbons (Fsp3) is 0.769. The first-order valence-corrected chi connectivity index (χ1v) is 28.6. The third-order valence-corrected chi connectivity index (χ3v) is 17.3. The summed E-state index contributed by atoms with van der Waals surface area (Å²) in [6.45, 7) is 24.7. The van der Waals surface area contributed by atoms with Gasteiger partial charge in [0.25, 0.3) is 0 Å². The van der Waals surface area contributed by atoms with Gasteiger partial charge in [-0.05, 0) is 19.3 Å². The summed E-state index contributed by atoms with van der Waals surface area (Å²) in [5, 5.41) is 13.7. The van der Waals surface area contributed by atoms with Gasteiger partial charge in [0.15, 0.2) is 0 Å². The molecule has 6 amide bonds. The molecule has 0 radical (unpaired) electrons. The summed E-state index contributed by atoms with van der Waals surface area (Å²) in [6.07, 6.45) is 3.86. The molecule has 0 saturated carbocycles. The molecule has 3 atom stereocenters. The highest BCUT2D eigenvalue weighted by molar-refractivity contribution is 9.09. The van der Waals surface area contributed by atoms with E-state index >= 15 is 0 Å². The lowest BCUT2D eigenvalue weighted by molar-refractivity contribution is -0.131. The highest BCUT2D eigenvalue weighted by Gasteiger charge is 2.35. The number of halogens is 1. The molecule has 0 aliphatic carbocycles. The molecule has 6 rings (SSSR count). The number of hydrogen-bond donors (Lipinski definition) is 6. The van der Waals surface area contributed by atoms with Gasteiger partial charge in [-0.15, -0.1) is 0 Å². The number of alkyl halides is 1. The lowest BCUT2D eigenvalue weighted by Gasteiger charge is -2.26. The Kier molecular flexibility index (Phi) is 25.3. The van der Waals surface area contributed by atoms with Gasteiger partial charge < -0.3 is 32.3 Å². The topological polar surface area (TPSA) is 324 Å². The smallest absolute Gasteiger partial charge is 0.300 e. The van der Waals surface area contributed by atoms with Crippen LogP contribution in [-0.4, -0.2) is 241 Å². The van der Waals surface area contributed by atoms with Gasteiger partial charge >= 0.3 is 18.5 Å². The van der Waals surface area contributed by atoms with Gasteiger partial charge in [-0.25, -0.2) is 45.0 Å². The molecule has 6 aliphatic heterocycles. The van der Waals surface area contributed by atoms with Gasteiger partial charge in [0.2, 0.25) is 65.5 Å². The largest absolute Gasteiger partial charge is 0.354 e. The highest BCUT2D eigenvalue weighted by atomic mass is 79.9. The number of hydrogen-bond acceptors (Lipinski definition) is 15. The van der Waals surface area contributed by atoms with Crippen molar-refractivity contribution in [3.05, 3.63) is 34.3 Å². The van der Waals surface area contributed by atoms with Crippen LogP contribution in [0.3, 0.4) is 0 Å². The van der Waals surface area contributed by atoms with E-state index in [1.54, 1.807) is 4.90 Å². The first-order chi connectivity index (χ1) is 33.2. The molecule has 0 aromatic rings. The van der Waals surface area contributed by atoms with E-state index in [4.69, 9.17) is 25.5 Å². The van der Waals surface area contributed by atoms with Crippen molar-refractivity contribution in [2.24, 2.45) is 5.73 Å². The molecule has 0 spiro atoms. The molecule has 31 heteroatoms. The van der Waals surface area contributed by atoms with Gasteiger partial charge in [-0.1, -0.05) is 15.9 Å². The monoisotopic (exact) mass is 1110 g/mol. The van der Waals surface area contributed by atoms with E-state index in [9.17, 15) is 54.0 Å². The van der Waals surface area contributed by atoms with E-state index in [0.29, 0.717) is 57.4 Å². The van der Waals surface area contributed by atoms with Crippen LogP contribution in [0, 0.1) is 19.7 Å². The summed E-state index contributed by atoms with van der Waals surface area (Å²) in [5.74, 6) is -1.63. The van der Waals surface area contributed by atoms with Crippen molar-refractivity contribution in [3.63, 3.8) is 0 Å². The summed E-state index contributed by atoms with van der Waals surface area (Å²) in [6, 6.07) is 0. The Hall–Kier alpha value is -4.62. The van der Waals surface area contributed by atoms with E-state index in [1.165, 1.54) is 14.1 Å². The predicted octanol–water partition coefficient (Wildman–Crippen LogP) is -4.63. The molecule has 6 saturated heterocycles. The minimum atomic E-state index is -3.51. The number of amides is 6. The first kappa shape index (κ1) is 59.7. The fourth-order valence-electron chi connectivity index (χ4n) is 7.69. The normalized spacial score (nSPS) is 22.2. The lowest BCUT2D eigenvalue weighted by Crippen LogP contribution is -2.51. The van der Waals surface area contributed by atoms with Crippen molar-refractivity contribution in [1.29, 1.82) is 0 Å². The van der Waals surface area contributed by atoms with Crippen LogP contribution < -0.4 is 32.3 Å². The van der Waals surface area contributed by atoms with Gasteiger partial charge in [-0.2, -0.15) is 12.9 Å². The lowest BCUT2D eigenvalue weighted by atomic mass is 10.3. The number of sulfonamides is 3. The quantitative estimate of drug-likeness (QED) is 0.0481. The summed E-state index contributed by atoms with van der Waals surface area (Å²) < 4.78 is 74.7. The second kappa shape index (κ2) is 29.7. The van der Waals surface area contributed by atoms with Crippen LogP contribution in [0.1, 0.15) is 38.5 Å². The zero-order valence-corrected chi connectivity index (χ0v) is 43.0. The zero-order chi connectivity index (χ0) is 51.9. The average Bonchev–Trinajstić information content (AvgIpc) is 4.14. The molecule has 0 aromatic carbocycles. The van der Waals surface area contributed by atoms with E-state index in [0.717, 1.165) is 40.8 Å². The second-order valence-electron chi connectivity index (χ2n) is 16.3. The maximum absolute atomic E-state index is 12.1. The maximum Gasteiger partial charge on any atom is 0.300 e. The van der Waals surface area contributed by atoms with Crippen LogP contribution in [0.25, 0.3) is 14.5 Å². The third-order valence-electron chi connectivity index (χ3n) is 11.4. The molecule has 0 aromatic heterocycles. The number of piperazine rings is 3. The van der Waals surface area contributed by atoms with Gasteiger partial charge in [0.1, 0.15) is 0 Å². The number of likely N-dealkylation sites (tertiary alicyclic amines) is 3. The number of nitrogens with two attached hydrogens (primary N) is 1. The molecule has 392 valence electrons. The van der Waals surface area contributed by atoms with Crippen molar-refractivity contribution in [1.82, 2.24) is 54.2 Å². The molecule has 0 bridgehead atoms. The van der Waals surface area contributed by atoms with E-state index in [1.807, 2.05) is 0 Å². The van der Waals surface area contributed by atoms with Crippen molar-refractivity contribution >= 4 is 81.4 Å². The van der Waals surface area contributed by atoms with Crippen LogP contribution in [-0.2, 0) is 58.8 Å². The molecule has 6 aliphatic rings. The number of carbonyl (C=O) groups excluding carboxylic acids is 6.